The zero-order valence-corrected chi connectivity index (χ0v) is 11.1. The van der Waals surface area contributed by atoms with Crippen molar-refractivity contribution in [3.05, 3.63) is 29.3 Å². The Morgan fingerprint density at radius 3 is 2.71 bits per heavy atom. The first-order valence-electron chi connectivity index (χ1n) is 5.74. The van der Waals surface area contributed by atoms with E-state index in [2.05, 4.69) is 23.4 Å². The topological polar surface area (TPSA) is 17.8 Å². The first-order chi connectivity index (χ1) is 8.02. The Morgan fingerprint density at radius 1 is 1.41 bits per heavy atom. The highest BCUT2D eigenvalue weighted by Crippen LogP contribution is 2.22. The summed E-state index contributed by atoms with van der Waals surface area (Å²) in [5, 5.41) is 0. The number of hydrogen-bond donors (Lipinski definition) is 0. The van der Waals surface area contributed by atoms with E-state index in [1.807, 2.05) is 6.07 Å². The van der Waals surface area contributed by atoms with Crippen molar-refractivity contribution < 1.29 is 4.39 Å². The van der Waals surface area contributed by atoms with Gasteiger partial charge in [0.05, 0.1) is 16.9 Å². The van der Waals surface area contributed by atoms with Gasteiger partial charge in [-0.15, -0.1) is 11.6 Å². The zero-order valence-electron chi connectivity index (χ0n) is 10.3. The van der Waals surface area contributed by atoms with Crippen molar-refractivity contribution in [1.82, 2.24) is 9.55 Å². The number of imidazole rings is 1. The highest BCUT2D eigenvalue weighted by Gasteiger charge is 2.13. The molecule has 0 bridgehead atoms. The van der Waals surface area contributed by atoms with Gasteiger partial charge < -0.3 is 4.57 Å². The molecule has 0 saturated heterocycles. The maximum atomic E-state index is 13.5. The van der Waals surface area contributed by atoms with E-state index < -0.39 is 0 Å². The zero-order chi connectivity index (χ0) is 12.6. The number of aromatic nitrogens is 2. The minimum Gasteiger partial charge on any atom is -0.327 e. The molecule has 0 radical (unpaired) electrons. The number of nitrogens with zero attached hydrogens (tertiary/aromatic N) is 2. The lowest BCUT2D eigenvalue weighted by Gasteiger charge is -2.10. The average molecular weight is 255 g/mol. The molecule has 2 aromatic rings. The molecule has 0 spiro atoms. The van der Waals surface area contributed by atoms with E-state index in [1.54, 1.807) is 6.92 Å². The summed E-state index contributed by atoms with van der Waals surface area (Å²) in [5.41, 5.74) is 2.29. The highest BCUT2D eigenvalue weighted by atomic mass is 35.5. The quantitative estimate of drug-likeness (QED) is 0.760. The molecule has 0 aliphatic rings. The van der Waals surface area contributed by atoms with Gasteiger partial charge in [-0.2, -0.15) is 0 Å². The summed E-state index contributed by atoms with van der Waals surface area (Å²) in [6, 6.07) is 3.33. The molecule has 0 atom stereocenters. The standard InChI is InChI=1S/C13H16ClFN2/c1-8(2)7-17-12-4-9(3)10(15)5-11(12)16-13(17)6-14/h4-5,8H,6-7H2,1-3H3. The van der Waals surface area contributed by atoms with Crippen LogP contribution in [-0.2, 0) is 12.4 Å². The summed E-state index contributed by atoms with van der Waals surface area (Å²) in [7, 11) is 0. The Balaban J connectivity index is 2.65. The number of rotatable bonds is 3. The van der Waals surface area contributed by atoms with Crippen LogP contribution in [0.4, 0.5) is 4.39 Å². The van der Waals surface area contributed by atoms with Crippen LogP contribution in [0.25, 0.3) is 11.0 Å². The van der Waals surface area contributed by atoms with Gasteiger partial charge in [-0.05, 0) is 24.5 Å². The molecule has 4 heteroatoms. The molecule has 17 heavy (non-hydrogen) atoms. The van der Waals surface area contributed by atoms with Gasteiger partial charge in [0.15, 0.2) is 0 Å². The van der Waals surface area contributed by atoms with Gasteiger partial charge in [0, 0.05) is 12.6 Å². The minimum atomic E-state index is -0.215. The largest absolute Gasteiger partial charge is 0.327 e. The lowest BCUT2D eigenvalue weighted by Crippen LogP contribution is -2.07. The molecule has 0 amide bonds. The maximum Gasteiger partial charge on any atom is 0.128 e. The molecule has 0 aliphatic carbocycles. The predicted molar refractivity (Wildman–Crippen MR) is 68.8 cm³/mol. The summed E-state index contributed by atoms with van der Waals surface area (Å²) >= 11 is 5.89. The van der Waals surface area contributed by atoms with Crippen molar-refractivity contribution >= 4 is 22.6 Å². The number of aryl methyl sites for hydroxylation is 1. The third kappa shape index (κ3) is 2.29. The predicted octanol–water partition coefficient (Wildman–Crippen LogP) is 3.88. The highest BCUT2D eigenvalue weighted by molar-refractivity contribution is 6.16. The second-order valence-corrected chi connectivity index (χ2v) is 5.02. The van der Waals surface area contributed by atoms with E-state index in [0.29, 0.717) is 22.9 Å². The number of alkyl halides is 1. The fourth-order valence-electron chi connectivity index (χ4n) is 1.97. The summed E-state index contributed by atoms with van der Waals surface area (Å²) in [4.78, 5) is 4.38. The van der Waals surface area contributed by atoms with Crippen molar-refractivity contribution in [3.63, 3.8) is 0 Å². The smallest absolute Gasteiger partial charge is 0.128 e. The molecule has 0 fully saturated rings. The van der Waals surface area contributed by atoms with Crippen LogP contribution in [0.1, 0.15) is 25.2 Å². The molecule has 1 aromatic carbocycles. The van der Waals surface area contributed by atoms with E-state index in [9.17, 15) is 4.39 Å². The second-order valence-electron chi connectivity index (χ2n) is 4.76. The van der Waals surface area contributed by atoms with Crippen LogP contribution in [-0.4, -0.2) is 9.55 Å². The molecular formula is C13H16ClFN2. The molecule has 0 saturated carbocycles. The normalized spacial score (nSPS) is 11.6. The van der Waals surface area contributed by atoms with E-state index >= 15 is 0 Å². The Labute approximate surface area is 105 Å². The van der Waals surface area contributed by atoms with Crippen LogP contribution >= 0.6 is 11.6 Å². The number of fused-ring (bicyclic) bond motifs is 1. The van der Waals surface area contributed by atoms with Crippen molar-refractivity contribution in [2.24, 2.45) is 5.92 Å². The van der Waals surface area contributed by atoms with Crippen LogP contribution in [0.15, 0.2) is 12.1 Å². The molecule has 0 N–H and O–H groups in total. The van der Waals surface area contributed by atoms with Gasteiger partial charge in [0.1, 0.15) is 11.6 Å². The Bertz CT molecular complexity index is 546. The maximum absolute atomic E-state index is 13.5. The summed E-state index contributed by atoms with van der Waals surface area (Å²) in [6.45, 7) is 6.89. The van der Waals surface area contributed by atoms with Crippen molar-refractivity contribution in [3.8, 4) is 0 Å². The van der Waals surface area contributed by atoms with E-state index in [-0.39, 0.29) is 5.82 Å². The molecule has 2 rings (SSSR count). The van der Waals surface area contributed by atoms with Crippen LogP contribution in [0.3, 0.4) is 0 Å². The van der Waals surface area contributed by atoms with Crippen LogP contribution in [0.5, 0.6) is 0 Å². The van der Waals surface area contributed by atoms with Crippen LogP contribution < -0.4 is 0 Å². The lowest BCUT2D eigenvalue weighted by molar-refractivity contribution is 0.522. The number of hydrogen-bond acceptors (Lipinski definition) is 1. The average Bonchev–Trinajstić information content (AvgIpc) is 2.57. The van der Waals surface area contributed by atoms with Crippen molar-refractivity contribution in [2.45, 2.75) is 33.2 Å². The van der Waals surface area contributed by atoms with Crippen molar-refractivity contribution in [1.29, 1.82) is 0 Å². The van der Waals surface area contributed by atoms with E-state index in [1.165, 1.54) is 6.07 Å². The third-order valence-corrected chi connectivity index (χ3v) is 3.01. The molecule has 2 nitrogen and oxygen atoms in total. The monoisotopic (exact) mass is 254 g/mol. The third-order valence-electron chi connectivity index (χ3n) is 2.77. The van der Waals surface area contributed by atoms with Gasteiger partial charge in [-0.1, -0.05) is 13.8 Å². The molecule has 1 heterocycles. The SMILES string of the molecule is Cc1cc2c(cc1F)nc(CCl)n2CC(C)C. The van der Waals surface area contributed by atoms with E-state index in [4.69, 9.17) is 11.6 Å². The fraction of sp³-hybridized carbons (Fsp3) is 0.462. The Morgan fingerprint density at radius 2 is 2.12 bits per heavy atom. The first kappa shape index (κ1) is 12.4. The van der Waals surface area contributed by atoms with Gasteiger partial charge >= 0.3 is 0 Å². The Kier molecular flexibility index (Phi) is 3.38. The van der Waals surface area contributed by atoms with Gasteiger partial charge in [0.2, 0.25) is 0 Å². The molecular weight excluding hydrogens is 239 g/mol. The van der Waals surface area contributed by atoms with Gasteiger partial charge in [-0.3, -0.25) is 0 Å². The van der Waals surface area contributed by atoms with Gasteiger partial charge in [-0.25, -0.2) is 9.37 Å². The lowest BCUT2D eigenvalue weighted by atomic mass is 10.2. The summed E-state index contributed by atoms with van der Waals surface area (Å²) in [6.07, 6.45) is 0. The minimum absolute atomic E-state index is 0.215. The summed E-state index contributed by atoms with van der Waals surface area (Å²) < 4.78 is 15.6. The van der Waals surface area contributed by atoms with Crippen LogP contribution in [0.2, 0.25) is 0 Å². The van der Waals surface area contributed by atoms with Crippen LogP contribution in [0, 0.1) is 18.7 Å². The van der Waals surface area contributed by atoms with Crippen molar-refractivity contribution in [2.75, 3.05) is 0 Å². The number of halogens is 2. The first-order valence-corrected chi connectivity index (χ1v) is 6.27. The molecule has 0 aliphatic heterocycles. The second kappa shape index (κ2) is 4.65. The molecule has 0 unspecified atom stereocenters. The van der Waals surface area contributed by atoms with E-state index in [0.717, 1.165) is 17.9 Å². The fourth-order valence-corrected chi connectivity index (χ4v) is 2.17. The number of benzene rings is 1. The molecule has 92 valence electrons. The summed E-state index contributed by atoms with van der Waals surface area (Å²) in [5.74, 6) is 1.44. The molecule has 1 aromatic heterocycles. The Hall–Kier alpha value is -1.09. The van der Waals surface area contributed by atoms with Gasteiger partial charge in [0.25, 0.3) is 0 Å².